The lowest BCUT2D eigenvalue weighted by molar-refractivity contribution is 0.475. The van der Waals surface area contributed by atoms with Gasteiger partial charge in [0.25, 0.3) is 0 Å². The van der Waals surface area contributed by atoms with Gasteiger partial charge in [-0.25, -0.2) is 0 Å². The average molecular weight is 368 g/mol. The van der Waals surface area contributed by atoms with Gasteiger partial charge in [0.15, 0.2) is 0 Å². The Labute approximate surface area is 120 Å². The van der Waals surface area contributed by atoms with Crippen LogP contribution < -0.4 is 0 Å². The van der Waals surface area contributed by atoms with E-state index in [-0.39, 0.29) is 5.75 Å². The van der Waals surface area contributed by atoms with Crippen molar-refractivity contribution >= 4 is 42.8 Å². The lowest BCUT2D eigenvalue weighted by atomic mass is 10.1. The van der Waals surface area contributed by atoms with Crippen LogP contribution in [0.3, 0.4) is 0 Å². The van der Waals surface area contributed by atoms with E-state index in [1.54, 1.807) is 12.1 Å². The molecule has 3 rings (SSSR count). The number of hydrogen-bond acceptors (Lipinski definition) is 2. The maximum absolute atomic E-state index is 9.30. The van der Waals surface area contributed by atoms with E-state index in [2.05, 4.69) is 31.9 Å². The maximum Gasteiger partial charge on any atom is 0.149 e. The monoisotopic (exact) mass is 366 g/mol. The first-order valence-electron chi connectivity index (χ1n) is 5.32. The molecule has 0 fully saturated rings. The van der Waals surface area contributed by atoms with E-state index >= 15 is 0 Å². The number of halogens is 2. The molecule has 0 saturated heterocycles. The van der Waals surface area contributed by atoms with Gasteiger partial charge in [0, 0.05) is 15.4 Å². The Balaban J connectivity index is 2.23. The molecule has 0 amide bonds. The summed E-state index contributed by atoms with van der Waals surface area (Å²) >= 11 is 7.01. The third kappa shape index (κ3) is 1.95. The number of benzene rings is 2. The van der Waals surface area contributed by atoms with Crippen molar-refractivity contribution in [3.8, 4) is 17.1 Å². The van der Waals surface area contributed by atoms with Gasteiger partial charge in [-0.15, -0.1) is 0 Å². The number of fused-ring (bicyclic) bond motifs is 1. The highest BCUT2D eigenvalue weighted by atomic mass is 79.9. The Morgan fingerprint density at radius 3 is 2.39 bits per heavy atom. The van der Waals surface area contributed by atoms with Gasteiger partial charge in [0.2, 0.25) is 0 Å². The molecule has 0 aliphatic carbocycles. The standard InChI is InChI=1S/C14H8Br2O2/c15-9-3-6-12-11(7-9)13(16)14(18-12)8-1-4-10(17)5-2-8/h1-7,17H. The van der Waals surface area contributed by atoms with Crippen molar-refractivity contribution in [1.82, 2.24) is 0 Å². The third-order valence-electron chi connectivity index (χ3n) is 2.72. The Morgan fingerprint density at radius 1 is 0.944 bits per heavy atom. The van der Waals surface area contributed by atoms with Crippen LogP contribution in [-0.2, 0) is 0 Å². The topological polar surface area (TPSA) is 33.4 Å². The molecule has 2 nitrogen and oxygen atoms in total. The molecule has 1 heterocycles. The van der Waals surface area contributed by atoms with Crippen LogP contribution in [0.1, 0.15) is 0 Å². The first-order chi connectivity index (χ1) is 8.65. The van der Waals surface area contributed by atoms with Crippen molar-refractivity contribution in [1.29, 1.82) is 0 Å². The lowest BCUT2D eigenvalue weighted by Gasteiger charge is -1.97. The molecular formula is C14H8Br2O2. The van der Waals surface area contributed by atoms with Crippen LogP contribution >= 0.6 is 31.9 Å². The van der Waals surface area contributed by atoms with Crippen molar-refractivity contribution in [2.24, 2.45) is 0 Å². The number of furan rings is 1. The SMILES string of the molecule is Oc1ccc(-c2oc3ccc(Br)cc3c2Br)cc1. The average Bonchev–Trinajstić information content (AvgIpc) is 2.68. The molecule has 4 heteroatoms. The van der Waals surface area contributed by atoms with Crippen LogP contribution in [0.2, 0.25) is 0 Å². The van der Waals surface area contributed by atoms with E-state index < -0.39 is 0 Å². The smallest absolute Gasteiger partial charge is 0.149 e. The van der Waals surface area contributed by atoms with Crippen molar-refractivity contribution in [3.05, 3.63) is 51.4 Å². The number of rotatable bonds is 1. The van der Waals surface area contributed by atoms with Crippen LogP contribution in [0.4, 0.5) is 0 Å². The summed E-state index contributed by atoms with van der Waals surface area (Å²) in [4.78, 5) is 0. The minimum absolute atomic E-state index is 0.244. The summed E-state index contributed by atoms with van der Waals surface area (Å²) in [5.74, 6) is 1.01. The van der Waals surface area contributed by atoms with E-state index in [0.717, 1.165) is 31.2 Å². The molecule has 0 aliphatic rings. The van der Waals surface area contributed by atoms with Gasteiger partial charge in [0.1, 0.15) is 17.1 Å². The quantitative estimate of drug-likeness (QED) is 0.630. The summed E-state index contributed by atoms with van der Waals surface area (Å²) in [5.41, 5.74) is 1.75. The highest BCUT2D eigenvalue weighted by molar-refractivity contribution is 9.11. The van der Waals surface area contributed by atoms with Crippen molar-refractivity contribution in [2.45, 2.75) is 0 Å². The van der Waals surface area contributed by atoms with E-state index in [9.17, 15) is 5.11 Å². The minimum atomic E-state index is 0.244. The maximum atomic E-state index is 9.30. The zero-order chi connectivity index (χ0) is 12.7. The molecule has 0 aliphatic heterocycles. The molecule has 0 unspecified atom stereocenters. The lowest BCUT2D eigenvalue weighted by Crippen LogP contribution is -1.73. The van der Waals surface area contributed by atoms with E-state index in [1.165, 1.54) is 0 Å². The first-order valence-corrected chi connectivity index (χ1v) is 6.91. The molecule has 0 saturated carbocycles. The molecule has 1 N–H and O–H groups in total. The van der Waals surface area contributed by atoms with Gasteiger partial charge in [-0.05, 0) is 58.4 Å². The van der Waals surface area contributed by atoms with Crippen LogP contribution in [0, 0.1) is 0 Å². The molecule has 2 aromatic carbocycles. The normalized spacial score (nSPS) is 11.0. The zero-order valence-electron chi connectivity index (χ0n) is 9.15. The molecular weight excluding hydrogens is 360 g/mol. The highest BCUT2D eigenvalue weighted by Gasteiger charge is 2.13. The predicted molar refractivity (Wildman–Crippen MR) is 78.7 cm³/mol. The number of phenols is 1. The van der Waals surface area contributed by atoms with Crippen molar-refractivity contribution < 1.29 is 9.52 Å². The van der Waals surface area contributed by atoms with E-state index in [4.69, 9.17) is 4.42 Å². The van der Waals surface area contributed by atoms with Gasteiger partial charge in [-0.2, -0.15) is 0 Å². The second-order valence-corrected chi connectivity index (χ2v) is 5.64. The van der Waals surface area contributed by atoms with Crippen LogP contribution in [0.5, 0.6) is 5.75 Å². The molecule has 1 aromatic heterocycles. The fraction of sp³-hybridized carbons (Fsp3) is 0. The summed E-state index contributed by atoms with van der Waals surface area (Å²) in [6, 6.07) is 12.8. The highest BCUT2D eigenvalue weighted by Crippen LogP contribution is 2.38. The van der Waals surface area contributed by atoms with Gasteiger partial charge < -0.3 is 9.52 Å². The molecule has 0 spiro atoms. The van der Waals surface area contributed by atoms with E-state index in [1.807, 2.05) is 30.3 Å². The third-order valence-corrected chi connectivity index (χ3v) is 4.00. The van der Waals surface area contributed by atoms with Crippen LogP contribution in [0.15, 0.2) is 55.8 Å². The molecule has 0 bridgehead atoms. The summed E-state index contributed by atoms with van der Waals surface area (Å²) in [6.45, 7) is 0. The Kier molecular flexibility index (Phi) is 2.92. The van der Waals surface area contributed by atoms with Crippen molar-refractivity contribution in [2.75, 3.05) is 0 Å². The molecule has 0 radical (unpaired) electrons. The van der Waals surface area contributed by atoms with Gasteiger partial charge >= 0.3 is 0 Å². The fourth-order valence-corrected chi connectivity index (χ4v) is 2.82. The largest absolute Gasteiger partial charge is 0.508 e. The molecule has 3 aromatic rings. The zero-order valence-corrected chi connectivity index (χ0v) is 12.3. The number of aromatic hydroxyl groups is 1. The second kappa shape index (κ2) is 4.44. The van der Waals surface area contributed by atoms with Crippen LogP contribution in [0.25, 0.3) is 22.3 Å². The minimum Gasteiger partial charge on any atom is -0.508 e. The Bertz CT molecular complexity index is 714. The van der Waals surface area contributed by atoms with Gasteiger partial charge in [-0.3, -0.25) is 0 Å². The number of phenolic OH excluding ortho intramolecular Hbond substituents is 1. The van der Waals surface area contributed by atoms with Crippen LogP contribution in [-0.4, -0.2) is 5.11 Å². The summed E-state index contributed by atoms with van der Waals surface area (Å²) < 4.78 is 7.76. The van der Waals surface area contributed by atoms with E-state index in [0.29, 0.717) is 0 Å². The van der Waals surface area contributed by atoms with Gasteiger partial charge in [-0.1, -0.05) is 15.9 Å². The Hall–Kier alpha value is -1.26. The van der Waals surface area contributed by atoms with Crippen molar-refractivity contribution in [3.63, 3.8) is 0 Å². The summed E-state index contributed by atoms with van der Waals surface area (Å²) in [5, 5.41) is 10.3. The van der Waals surface area contributed by atoms with Gasteiger partial charge in [0.05, 0.1) is 4.47 Å². The fourth-order valence-electron chi connectivity index (χ4n) is 1.84. The first kappa shape index (κ1) is 11.8. The Morgan fingerprint density at radius 2 is 1.67 bits per heavy atom. The summed E-state index contributed by atoms with van der Waals surface area (Å²) in [7, 11) is 0. The number of hydrogen-bond donors (Lipinski definition) is 1. The molecule has 0 atom stereocenters. The second-order valence-electron chi connectivity index (χ2n) is 3.93. The molecule has 18 heavy (non-hydrogen) atoms. The predicted octanol–water partition coefficient (Wildman–Crippen LogP) is 5.33. The summed E-state index contributed by atoms with van der Waals surface area (Å²) in [6.07, 6.45) is 0. The molecule has 90 valence electrons.